The van der Waals surface area contributed by atoms with Crippen LogP contribution in [-0.2, 0) is 9.59 Å². The molecular weight excluding hydrogens is 289 g/mol. The molecule has 1 fully saturated rings. The molecule has 0 radical (unpaired) electrons. The van der Waals surface area contributed by atoms with Gasteiger partial charge in [-0.3, -0.25) is 9.59 Å². The molecule has 5 nitrogen and oxygen atoms in total. The van der Waals surface area contributed by atoms with Crippen LogP contribution in [0.1, 0.15) is 6.42 Å². The third-order valence-corrected chi connectivity index (χ3v) is 3.11. The Bertz CT molecular complexity index is 560. The van der Waals surface area contributed by atoms with Crippen LogP contribution in [0.15, 0.2) is 24.3 Å². The molecule has 0 spiro atoms. The number of nitrogens with one attached hydrogen (secondary N) is 2. The van der Waals surface area contributed by atoms with Gasteiger partial charge in [0, 0.05) is 0 Å². The minimum atomic E-state index is -4.37. The van der Waals surface area contributed by atoms with Crippen LogP contribution >= 0.6 is 0 Å². The Labute approximate surface area is 118 Å². The molecule has 1 saturated carbocycles. The van der Waals surface area contributed by atoms with Crippen LogP contribution in [0.5, 0.6) is 0 Å². The van der Waals surface area contributed by atoms with E-state index in [0.717, 1.165) is 0 Å². The van der Waals surface area contributed by atoms with Crippen molar-refractivity contribution in [2.75, 3.05) is 17.2 Å². The standard InChI is InChI=1S/C13H13F3N2O3/c14-13(15,16)6-17-9-3-1-2-4-10(9)18-11(19)7-5-8(7)12(20)21/h1-4,7-8,17H,5-6H2,(H,18,19)(H,20,21). The van der Waals surface area contributed by atoms with Gasteiger partial charge in [0.05, 0.1) is 23.2 Å². The lowest BCUT2D eigenvalue weighted by atomic mass is 10.2. The Morgan fingerprint density at radius 1 is 1.19 bits per heavy atom. The van der Waals surface area contributed by atoms with E-state index < -0.39 is 36.4 Å². The van der Waals surface area contributed by atoms with E-state index in [4.69, 9.17) is 5.11 Å². The number of amides is 1. The van der Waals surface area contributed by atoms with Crippen molar-refractivity contribution < 1.29 is 27.9 Å². The van der Waals surface area contributed by atoms with Gasteiger partial charge in [-0.05, 0) is 18.6 Å². The minimum Gasteiger partial charge on any atom is -0.481 e. The van der Waals surface area contributed by atoms with E-state index in [1.165, 1.54) is 18.2 Å². The molecule has 2 rings (SSSR count). The number of aliphatic carboxylic acids is 1. The highest BCUT2D eigenvalue weighted by Crippen LogP contribution is 2.39. The van der Waals surface area contributed by atoms with Crippen molar-refractivity contribution in [3.05, 3.63) is 24.3 Å². The minimum absolute atomic E-state index is 0.135. The Morgan fingerprint density at radius 2 is 1.81 bits per heavy atom. The zero-order chi connectivity index (χ0) is 15.6. The van der Waals surface area contributed by atoms with Crippen LogP contribution in [0.25, 0.3) is 0 Å². The van der Waals surface area contributed by atoms with Crippen LogP contribution in [0.4, 0.5) is 24.5 Å². The molecule has 1 amide bonds. The molecule has 0 aromatic heterocycles. The first-order valence-corrected chi connectivity index (χ1v) is 6.21. The molecular formula is C13H13F3N2O3. The maximum Gasteiger partial charge on any atom is 0.405 e. The zero-order valence-corrected chi connectivity index (χ0v) is 10.8. The topological polar surface area (TPSA) is 78.4 Å². The van der Waals surface area contributed by atoms with Crippen molar-refractivity contribution in [3.63, 3.8) is 0 Å². The third-order valence-electron chi connectivity index (χ3n) is 3.11. The fourth-order valence-corrected chi connectivity index (χ4v) is 1.92. The Morgan fingerprint density at radius 3 is 2.33 bits per heavy atom. The van der Waals surface area contributed by atoms with E-state index in [0.29, 0.717) is 0 Å². The van der Waals surface area contributed by atoms with Gasteiger partial charge >= 0.3 is 12.1 Å². The van der Waals surface area contributed by atoms with Gasteiger partial charge in [-0.15, -0.1) is 0 Å². The maximum atomic E-state index is 12.2. The SMILES string of the molecule is O=C(O)C1CC1C(=O)Nc1ccccc1NCC(F)(F)F. The lowest BCUT2D eigenvalue weighted by Crippen LogP contribution is -2.23. The first kappa shape index (κ1) is 15.1. The summed E-state index contributed by atoms with van der Waals surface area (Å²) in [6.45, 7) is -1.22. The Balaban J connectivity index is 2.00. The van der Waals surface area contributed by atoms with Gasteiger partial charge < -0.3 is 15.7 Å². The number of alkyl halides is 3. The second-order valence-electron chi connectivity index (χ2n) is 4.79. The molecule has 1 aromatic rings. The molecule has 21 heavy (non-hydrogen) atoms. The normalized spacial score (nSPS) is 20.7. The largest absolute Gasteiger partial charge is 0.481 e. The Hall–Kier alpha value is -2.25. The number of hydrogen-bond donors (Lipinski definition) is 3. The highest BCUT2D eigenvalue weighted by Gasteiger charge is 2.48. The molecule has 0 saturated heterocycles. The van der Waals surface area contributed by atoms with Crippen LogP contribution in [0, 0.1) is 11.8 Å². The highest BCUT2D eigenvalue weighted by molar-refractivity contribution is 6.00. The maximum absolute atomic E-state index is 12.2. The van der Waals surface area contributed by atoms with Gasteiger partial charge in [0.1, 0.15) is 6.54 Å². The fraction of sp³-hybridized carbons (Fsp3) is 0.385. The lowest BCUT2D eigenvalue weighted by molar-refractivity contribution is -0.139. The molecule has 8 heteroatoms. The summed E-state index contributed by atoms with van der Waals surface area (Å²) in [6, 6.07) is 5.96. The van der Waals surface area contributed by atoms with Crippen molar-refractivity contribution in [2.45, 2.75) is 12.6 Å². The van der Waals surface area contributed by atoms with Crippen molar-refractivity contribution in [1.29, 1.82) is 0 Å². The van der Waals surface area contributed by atoms with Gasteiger partial charge in [-0.1, -0.05) is 12.1 Å². The van der Waals surface area contributed by atoms with E-state index in [1.807, 2.05) is 0 Å². The number of carbonyl (C=O) groups excluding carboxylic acids is 1. The average molecular weight is 302 g/mol. The van der Waals surface area contributed by atoms with Gasteiger partial charge in [-0.2, -0.15) is 13.2 Å². The van der Waals surface area contributed by atoms with Crippen molar-refractivity contribution >= 4 is 23.3 Å². The van der Waals surface area contributed by atoms with E-state index in [9.17, 15) is 22.8 Å². The van der Waals surface area contributed by atoms with Crippen molar-refractivity contribution in [1.82, 2.24) is 0 Å². The van der Waals surface area contributed by atoms with Gasteiger partial charge in [0.15, 0.2) is 0 Å². The summed E-state index contributed by atoms with van der Waals surface area (Å²) in [5.41, 5.74) is 0.332. The van der Waals surface area contributed by atoms with E-state index in [2.05, 4.69) is 10.6 Å². The molecule has 0 aliphatic heterocycles. The number of carbonyl (C=O) groups is 2. The number of anilines is 2. The van der Waals surface area contributed by atoms with E-state index in [1.54, 1.807) is 6.07 Å². The number of para-hydroxylation sites is 2. The molecule has 0 bridgehead atoms. The summed E-state index contributed by atoms with van der Waals surface area (Å²) in [4.78, 5) is 22.5. The number of carboxylic acid groups (broad SMARTS) is 1. The average Bonchev–Trinajstić information content (AvgIpc) is 3.17. The molecule has 1 aliphatic carbocycles. The Kier molecular flexibility index (Phi) is 4.06. The first-order chi connectivity index (χ1) is 9.78. The summed E-state index contributed by atoms with van der Waals surface area (Å²) >= 11 is 0. The van der Waals surface area contributed by atoms with Gasteiger partial charge in [-0.25, -0.2) is 0 Å². The smallest absolute Gasteiger partial charge is 0.405 e. The van der Waals surface area contributed by atoms with E-state index >= 15 is 0 Å². The number of hydrogen-bond acceptors (Lipinski definition) is 3. The van der Waals surface area contributed by atoms with E-state index in [-0.39, 0.29) is 17.8 Å². The molecule has 114 valence electrons. The first-order valence-electron chi connectivity index (χ1n) is 6.21. The number of benzene rings is 1. The van der Waals surface area contributed by atoms with Crippen LogP contribution < -0.4 is 10.6 Å². The molecule has 3 N–H and O–H groups in total. The zero-order valence-electron chi connectivity index (χ0n) is 10.8. The third kappa shape index (κ3) is 4.11. The van der Waals surface area contributed by atoms with Crippen LogP contribution in [0.2, 0.25) is 0 Å². The van der Waals surface area contributed by atoms with Gasteiger partial charge in [0.2, 0.25) is 5.91 Å². The highest BCUT2D eigenvalue weighted by atomic mass is 19.4. The van der Waals surface area contributed by atoms with Crippen molar-refractivity contribution in [2.24, 2.45) is 11.8 Å². The van der Waals surface area contributed by atoms with Crippen LogP contribution in [0.3, 0.4) is 0 Å². The number of halogens is 3. The fourth-order valence-electron chi connectivity index (χ4n) is 1.92. The van der Waals surface area contributed by atoms with Crippen LogP contribution in [-0.4, -0.2) is 29.7 Å². The number of carboxylic acids is 1. The van der Waals surface area contributed by atoms with Crippen molar-refractivity contribution in [3.8, 4) is 0 Å². The predicted molar refractivity (Wildman–Crippen MR) is 68.8 cm³/mol. The second kappa shape index (κ2) is 5.63. The molecule has 0 heterocycles. The monoisotopic (exact) mass is 302 g/mol. The summed E-state index contributed by atoms with van der Waals surface area (Å²) in [7, 11) is 0. The number of rotatable bonds is 5. The van der Waals surface area contributed by atoms with Gasteiger partial charge in [0.25, 0.3) is 0 Å². The summed E-state index contributed by atoms with van der Waals surface area (Å²) in [5, 5.41) is 13.4. The molecule has 2 unspecified atom stereocenters. The summed E-state index contributed by atoms with van der Waals surface area (Å²) in [6.07, 6.45) is -4.12. The summed E-state index contributed by atoms with van der Waals surface area (Å²) < 4.78 is 36.6. The molecule has 1 aliphatic rings. The predicted octanol–water partition coefficient (Wildman–Crippen LogP) is 2.32. The quantitative estimate of drug-likeness (QED) is 0.780. The second-order valence-corrected chi connectivity index (χ2v) is 4.79. The lowest BCUT2D eigenvalue weighted by Gasteiger charge is -2.14. The molecule has 1 aromatic carbocycles. The summed E-state index contributed by atoms with van der Waals surface area (Å²) in [5.74, 6) is -2.87. The molecule has 2 atom stereocenters.